The molecule has 17 heavy (non-hydrogen) atoms. The highest BCUT2D eigenvalue weighted by molar-refractivity contribution is 8.13. The highest BCUT2D eigenvalue weighted by Crippen LogP contribution is 2.21. The van der Waals surface area contributed by atoms with Gasteiger partial charge in [0, 0.05) is 6.92 Å². The van der Waals surface area contributed by atoms with E-state index < -0.39 is 11.6 Å². The van der Waals surface area contributed by atoms with E-state index in [1.165, 1.54) is 26.2 Å². The largest absolute Gasteiger partial charge is 0.494 e. The van der Waals surface area contributed by atoms with Crippen molar-refractivity contribution in [3.05, 3.63) is 29.3 Å². The van der Waals surface area contributed by atoms with E-state index in [0.29, 0.717) is 0 Å². The van der Waals surface area contributed by atoms with Gasteiger partial charge in [-0.25, -0.2) is 4.39 Å². The van der Waals surface area contributed by atoms with Gasteiger partial charge in [-0.1, -0.05) is 23.6 Å². The maximum absolute atomic E-state index is 13.4. The maximum Gasteiger partial charge on any atom is 0.201 e. The normalized spacial score (nSPS) is 9.41. The lowest BCUT2D eigenvalue weighted by atomic mass is 10.2. The molecule has 0 saturated carbocycles. The predicted molar refractivity (Wildman–Crippen MR) is 62.9 cm³/mol. The molecule has 1 aromatic rings. The fraction of sp³-hybridized carbons (Fsp3) is 0.250. The molecule has 0 N–H and O–H groups in total. The predicted octanol–water partition coefficient (Wildman–Crippen LogP) is 2.60. The van der Waals surface area contributed by atoms with Gasteiger partial charge < -0.3 is 4.74 Å². The van der Waals surface area contributed by atoms with Crippen LogP contribution in [0.5, 0.6) is 5.75 Å². The zero-order chi connectivity index (χ0) is 12.8. The first kappa shape index (κ1) is 13.5. The summed E-state index contributed by atoms with van der Waals surface area (Å²) in [5.74, 6) is 3.05. The fourth-order valence-electron chi connectivity index (χ4n) is 1.05. The molecular formula is C12H10F2O2S. The van der Waals surface area contributed by atoms with Gasteiger partial charge in [0.2, 0.25) is 5.82 Å². The molecule has 0 heterocycles. The van der Waals surface area contributed by atoms with Gasteiger partial charge in [0.15, 0.2) is 16.7 Å². The summed E-state index contributed by atoms with van der Waals surface area (Å²) in [5.41, 5.74) is -0.0487. The van der Waals surface area contributed by atoms with Crippen LogP contribution < -0.4 is 4.74 Å². The van der Waals surface area contributed by atoms with Crippen LogP contribution in [0.4, 0.5) is 8.78 Å². The van der Waals surface area contributed by atoms with E-state index in [1.807, 2.05) is 0 Å². The summed E-state index contributed by atoms with van der Waals surface area (Å²) in [4.78, 5) is 10.6. The van der Waals surface area contributed by atoms with Gasteiger partial charge in [0.1, 0.15) is 0 Å². The maximum atomic E-state index is 13.4. The van der Waals surface area contributed by atoms with Crippen LogP contribution in [0.15, 0.2) is 12.1 Å². The number of carbonyl (C=O) groups is 1. The molecule has 0 unspecified atom stereocenters. The van der Waals surface area contributed by atoms with Crippen LogP contribution in [0.25, 0.3) is 0 Å². The minimum Gasteiger partial charge on any atom is -0.494 e. The third-order valence-corrected chi connectivity index (χ3v) is 2.53. The Morgan fingerprint density at radius 2 is 2.12 bits per heavy atom. The molecule has 5 heteroatoms. The Labute approximate surface area is 102 Å². The highest BCUT2D eigenvalue weighted by Gasteiger charge is 2.12. The number of benzene rings is 1. The molecule has 0 fully saturated rings. The van der Waals surface area contributed by atoms with E-state index >= 15 is 0 Å². The first-order chi connectivity index (χ1) is 8.06. The van der Waals surface area contributed by atoms with Crippen molar-refractivity contribution < 1.29 is 18.3 Å². The van der Waals surface area contributed by atoms with Crippen LogP contribution in [-0.4, -0.2) is 18.0 Å². The lowest BCUT2D eigenvalue weighted by Crippen LogP contribution is -1.95. The molecule has 0 aliphatic carbocycles. The van der Waals surface area contributed by atoms with Crippen LogP contribution in [0.2, 0.25) is 0 Å². The Morgan fingerprint density at radius 3 is 2.71 bits per heavy atom. The third-order valence-electron chi connectivity index (χ3n) is 1.84. The van der Waals surface area contributed by atoms with Crippen LogP contribution in [0.1, 0.15) is 12.5 Å². The van der Waals surface area contributed by atoms with E-state index in [0.717, 1.165) is 11.8 Å². The van der Waals surface area contributed by atoms with Crippen molar-refractivity contribution in [2.75, 3.05) is 12.9 Å². The van der Waals surface area contributed by atoms with Gasteiger partial charge in [-0.15, -0.1) is 0 Å². The lowest BCUT2D eigenvalue weighted by molar-refractivity contribution is -0.109. The molecule has 0 aliphatic heterocycles. The summed E-state index contributed by atoms with van der Waals surface area (Å²) in [6, 6.07) is 2.64. The molecule has 0 amide bonds. The molecule has 0 radical (unpaired) electrons. The van der Waals surface area contributed by atoms with Crippen molar-refractivity contribution >= 4 is 16.9 Å². The lowest BCUT2D eigenvalue weighted by Gasteiger charge is -2.02. The molecule has 1 aromatic carbocycles. The summed E-state index contributed by atoms with van der Waals surface area (Å²) in [6.45, 7) is 1.42. The van der Waals surface area contributed by atoms with Crippen LogP contribution in [0.3, 0.4) is 0 Å². The van der Waals surface area contributed by atoms with Crippen molar-refractivity contribution in [3.8, 4) is 17.6 Å². The summed E-state index contributed by atoms with van der Waals surface area (Å²) in [7, 11) is 1.26. The van der Waals surface area contributed by atoms with Crippen LogP contribution in [0, 0.1) is 23.5 Å². The Kier molecular flexibility index (Phi) is 4.98. The van der Waals surface area contributed by atoms with E-state index in [4.69, 9.17) is 0 Å². The summed E-state index contributed by atoms with van der Waals surface area (Å²) >= 11 is 1.01. The molecule has 1 rings (SSSR count). The monoisotopic (exact) mass is 256 g/mol. The number of hydrogen-bond donors (Lipinski definition) is 0. The van der Waals surface area contributed by atoms with Gasteiger partial charge >= 0.3 is 0 Å². The first-order valence-corrected chi connectivity index (χ1v) is 5.69. The van der Waals surface area contributed by atoms with Crippen molar-refractivity contribution in [1.82, 2.24) is 0 Å². The first-order valence-electron chi connectivity index (χ1n) is 4.70. The second-order valence-corrected chi connectivity index (χ2v) is 4.18. The Hall–Kier alpha value is -1.54. The molecular weight excluding hydrogens is 246 g/mol. The molecule has 0 bridgehead atoms. The summed E-state index contributed by atoms with van der Waals surface area (Å²) in [5, 5.41) is -0.0688. The van der Waals surface area contributed by atoms with Crippen molar-refractivity contribution in [3.63, 3.8) is 0 Å². The van der Waals surface area contributed by atoms with Gasteiger partial charge in [0.05, 0.1) is 18.4 Å². The topological polar surface area (TPSA) is 26.3 Å². The molecule has 2 nitrogen and oxygen atoms in total. The van der Waals surface area contributed by atoms with Gasteiger partial charge in [-0.3, -0.25) is 4.79 Å². The second kappa shape index (κ2) is 6.26. The molecule has 0 aliphatic rings. The van der Waals surface area contributed by atoms with E-state index in [2.05, 4.69) is 16.6 Å². The number of methoxy groups -OCH3 is 1. The standard InChI is InChI=1S/C12H10F2O2S/c1-8(15)17-7-3-4-9-5-6-10(16-2)12(14)11(9)13/h5-6H,7H2,1-2H3. The molecule has 0 saturated heterocycles. The number of hydrogen-bond acceptors (Lipinski definition) is 3. The van der Waals surface area contributed by atoms with E-state index in [-0.39, 0.29) is 22.2 Å². The van der Waals surface area contributed by atoms with Gasteiger partial charge in [-0.2, -0.15) is 4.39 Å². The highest BCUT2D eigenvalue weighted by atomic mass is 32.2. The summed E-state index contributed by atoms with van der Waals surface area (Å²) in [6.07, 6.45) is 0. The minimum absolute atomic E-state index is 0.0487. The molecule has 0 aromatic heterocycles. The SMILES string of the molecule is COc1ccc(C#CCSC(C)=O)c(F)c1F. The van der Waals surface area contributed by atoms with Gasteiger partial charge in [-0.05, 0) is 12.1 Å². The van der Waals surface area contributed by atoms with Crippen molar-refractivity contribution in [1.29, 1.82) is 0 Å². The third kappa shape index (κ3) is 3.75. The average molecular weight is 256 g/mol. The number of ether oxygens (including phenoxy) is 1. The fourth-order valence-corrected chi connectivity index (χ4v) is 1.40. The molecule has 0 atom stereocenters. The smallest absolute Gasteiger partial charge is 0.201 e. The van der Waals surface area contributed by atoms with Crippen LogP contribution >= 0.6 is 11.8 Å². The Balaban J connectivity index is 2.85. The van der Waals surface area contributed by atoms with Crippen molar-refractivity contribution in [2.24, 2.45) is 0 Å². The second-order valence-electron chi connectivity index (χ2n) is 3.03. The number of halogens is 2. The molecule has 90 valence electrons. The quantitative estimate of drug-likeness (QED) is 0.761. The average Bonchev–Trinajstić information content (AvgIpc) is 2.29. The Bertz CT molecular complexity index is 489. The zero-order valence-electron chi connectivity index (χ0n) is 9.34. The number of thioether (sulfide) groups is 1. The van der Waals surface area contributed by atoms with E-state index in [9.17, 15) is 13.6 Å². The minimum atomic E-state index is -1.06. The van der Waals surface area contributed by atoms with Crippen LogP contribution in [-0.2, 0) is 4.79 Å². The summed E-state index contributed by atoms with van der Waals surface area (Å²) < 4.78 is 31.3. The van der Waals surface area contributed by atoms with Gasteiger partial charge in [0.25, 0.3) is 0 Å². The zero-order valence-corrected chi connectivity index (χ0v) is 10.2. The Morgan fingerprint density at radius 1 is 1.41 bits per heavy atom. The van der Waals surface area contributed by atoms with E-state index in [1.54, 1.807) is 0 Å². The number of carbonyl (C=O) groups excluding carboxylic acids is 1. The number of rotatable bonds is 2. The van der Waals surface area contributed by atoms with Crippen molar-refractivity contribution in [2.45, 2.75) is 6.92 Å². The molecule has 0 spiro atoms.